The Bertz CT molecular complexity index is 1510. The van der Waals surface area contributed by atoms with E-state index < -0.39 is 16.1 Å². The molecule has 0 radical (unpaired) electrons. The molecule has 1 unspecified atom stereocenters. The molecule has 5 rings (SSSR count). The van der Waals surface area contributed by atoms with Crippen molar-refractivity contribution in [1.82, 2.24) is 19.1 Å². The van der Waals surface area contributed by atoms with Crippen LogP contribution >= 0.6 is 11.3 Å². The van der Waals surface area contributed by atoms with Crippen LogP contribution in [0.1, 0.15) is 24.1 Å². The maximum atomic E-state index is 13.3. The first kappa shape index (κ1) is 23.5. The molecule has 1 N–H and O–H groups in total. The van der Waals surface area contributed by atoms with Crippen LogP contribution in [0.4, 0.5) is 5.82 Å². The monoisotopic (exact) mass is 511 g/mol. The Morgan fingerprint density at radius 1 is 1.14 bits per heavy atom. The van der Waals surface area contributed by atoms with E-state index in [9.17, 15) is 13.2 Å². The lowest BCUT2D eigenvalue weighted by Gasteiger charge is -2.23. The minimum absolute atomic E-state index is 0.189. The Balaban J connectivity index is 1.42. The molecule has 1 saturated heterocycles. The summed E-state index contributed by atoms with van der Waals surface area (Å²) in [5, 5.41) is 8.00. The lowest BCUT2D eigenvalue weighted by molar-refractivity contribution is -0.119. The van der Waals surface area contributed by atoms with E-state index in [1.54, 1.807) is 42.1 Å². The van der Waals surface area contributed by atoms with Crippen molar-refractivity contribution in [3.05, 3.63) is 59.8 Å². The second kappa shape index (κ2) is 9.06. The van der Waals surface area contributed by atoms with E-state index in [0.717, 1.165) is 15.8 Å². The number of carbonyl (C=O) groups is 1. The zero-order valence-electron chi connectivity index (χ0n) is 19.6. The molecule has 2 aromatic heterocycles. The second-order valence-corrected chi connectivity index (χ2v) is 11.4. The quantitative estimate of drug-likeness (QED) is 0.421. The number of benzene rings is 2. The molecule has 3 heterocycles. The van der Waals surface area contributed by atoms with Gasteiger partial charge in [0.15, 0.2) is 0 Å². The van der Waals surface area contributed by atoms with Gasteiger partial charge >= 0.3 is 0 Å². The first-order valence-electron chi connectivity index (χ1n) is 11.2. The van der Waals surface area contributed by atoms with Gasteiger partial charge in [0.05, 0.1) is 27.9 Å². The topological polar surface area (TPSA) is 106 Å². The van der Waals surface area contributed by atoms with Crippen LogP contribution in [-0.4, -0.2) is 53.1 Å². The molecular formula is C24H25N5O4S2. The van der Waals surface area contributed by atoms with Crippen LogP contribution in [0.15, 0.2) is 53.4 Å². The molecular weight excluding hydrogens is 486 g/mol. The normalized spacial score (nSPS) is 16.6. The third-order valence-corrected chi connectivity index (χ3v) is 8.92. The minimum atomic E-state index is -3.80. The van der Waals surface area contributed by atoms with Gasteiger partial charge in [-0.3, -0.25) is 4.79 Å². The number of hydrogen-bond acceptors (Lipinski definition) is 7. The highest BCUT2D eigenvalue weighted by Gasteiger charge is 2.39. The van der Waals surface area contributed by atoms with Crippen LogP contribution in [0.25, 0.3) is 15.3 Å². The van der Waals surface area contributed by atoms with E-state index in [4.69, 9.17) is 4.74 Å². The van der Waals surface area contributed by atoms with E-state index in [1.807, 2.05) is 32.0 Å². The van der Waals surface area contributed by atoms with Gasteiger partial charge in [0.1, 0.15) is 17.6 Å². The number of sulfonamides is 1. The highest BCUT2D eigenvalue weighted by atomic mass is 32.2. The first-order valence-corrected chi connectivity index (χ1v) is 13.4. The van der Waals surface area contributed by atoms with Gasteiger partial charge in [-0.2, -0.15) is 14.1 Å². The van der Waals surface area contributed by atoms with Crippen LogP contribution in [0, 0.1) is 13.8 Å². The zero-order chi connectivity index (χ0) is 24.7. The van der Waals surface area contributed by atoms with Crippen LogP contribution in [-0.2, 0) is 14.8 Å². The number of aromatic nitrogens is 3. The molecule has 1 fully saturated rings. The number of nitrogens with zero attached hydrogens (tertiary/aromatic N) is 4. The Labute approximate surface area is 207 Å². The number of fused-ring (bicyclic) bond motifs is 1. The predicted molar refractivity (Wildman–Crippen MR) is 135 cm³/mol. The third-order valence-electron chi connectivity index (χ3n) is 5.98. The number of ether oxygens (including phenoxy) is 1. The molecule has 1 aliphatic rings. The standard InChI is InChI=1S/C24H25N5O4S2/c1-15-6-9-18(10-7-15)35(31,32)28-12-4-5-20(28)23(30)26-22-13-16(2)27-29(22)24-25-19-14-17(33-3)8-11-21(19)34-24/h6-11,13-14,20H,4-5,12H2,1-3H3,(H,26,30). The van der Waals surface area contributed by atoms with Crippen molar-refractivity contribution in [3.63, 3.8) is 0 Å². The fraction of sp³-hybridized carbons (Fsp3) is 0.292. The summed E-state index contributed by atoms with van der Waals surface area (Å²) in [6.07, 6.45) is 1.06. The lowest BCUT2D eigenvalue weighted by Crippen LogP contribution is -2.43. The second-order valence-electron chi connectivity index (χ2n) is 8.49. The van der Waals surface area contributed by atoms with Gasteiger partial charge in [0.25, 0.3) is 0 Å². The van der Waals surface area contributed by atoms with Crippen molar-refractivity contribution in [2.45, 2.75) is 37.6 Å². The molecule has 2 aromatic carbocycles. The summed E-state index contributed by atoms with van der Waals surface area (Å²) in [7, 11) is -2.19. The summed E-state index contributed by atoms with van der Waals surface area (Å²) in [5.74, 6) is 0.760. The molecule has 1 amide bonds. The highest BCUT2D eigenvalue weighted by Crippen LogP contribution is 2.31. The van der Waals surface area contributed by atoms with Gasteiger partial charge in [-0.15, -0.1) is 0 Å². The van der Waals surface area contributed by atoms with E-state index in [0.29, 0.717) is 41.8 Å². The molecule has 11 heteroatoms. The van der Waals surface area contributed by atoms with Crippen molar-refractivity contribution < 1.29 is 17.9 Å². The number of carbonyl (C=O) groups excluding carboxylic acids is 1. The Kier molecular flexibility index (Phi) is 6.07. The maximum absolute atomic E-state index is 13.3. The zero-order valence-corrected chi connectivity index (χ0v) is 21.2. The average molecular weight is 512 g/mol. The maximum Gasteiger partial charge on any atom is 0.243 e. The molecule has 0 spiro atoms. The SMILES string of the molecule is COc1ccc2sc(-n3nc(C)cc3NC(=O)C3CCCN3S(=O)(=O)c3ccc(C)cc3)nc2c1. The summed E-state index contributed by atoms with van der Waals surface area (Å²) in [4.78, 5) is 18.2. The minimum Gasteiger partial charge on any atom is -0.497 e. The van der Waals surface area contributed by atoms with Crippen LogP contribution < -0.4 is 10.1 Å². The van der Waals surface area contributed by atoms with Crippen molar-refractivity contribution in [2.24, 2.45) is 0 Å². The summed E-state index contributed by atoms with van der Waals surface area (Å²) >= 11 is 1.44. The highest BCUT2D eigenvalue weighted by molar-refractivity contribution is 7.89. The lowest BCUT2D eigenvalue weighted by atomic mass is 10.2. The van der Waals surface area contributed by atoms with Crippen LogP contribution in [0.3, 0.4) is 0 Å². The fourth-order valence-corrected chi connectivity index (χ4v) is 6.76. The molecule has 9 nitrogen and oxygen atoms in total. The van der Waals surface area contributed by atoms with E-state index in [2.05, 4.69) is 15.4 Å². The van der Waals surface area contributed by atoms with Gasteiger partial charge in [-0.1, -0.05) is 29.0 Å². The Morgan fingerprint density at radius 2 is 1.91 bits per heavy atom. The summed E-state index contributed by atoms with van der Waals surface area (Å²) in [6, 6.07) is 13.3. The largest absolute Gasteiger partial charge is 0.497 e. The van der Waals surface area contributed by atoms with Crippen LogP contribution in [0.2, 0.25) is 0 Å². The number of rotatable bonds is 6. The number of amides is 1. The molecule has 182 valence electrons. The number of nitrogens with one attached hydrogen (secondary N) is 1. The van der Waals surface area contributed by atoms with Crippen molar-refractivity contribution >= 4 is 43.3 Å². The fourth-order valence-electron chi connectivity index (χ4n) is 4.19. The van der Waals surface area contributed by atoms with Gasteiger partial charge < -0.3 is 10.1 Å². The smallest absolute Gasteiger partial charge is 0.243 e. The van der Waals surface area contributed by atoms with E-state index in [1.165, 1.54) is 15.6 Å². The number of hydrogen-bond donors (Lipinski definition) is 1. The Morgan fingerprint density at radius 3 is 2.66 bits per heavy atom. The van der Waals surface area contributed by atoms with Crippen LogP contribution in [0.5, 0.6) is 5.75 Å². The summed E-state index contributed by atoms with van der Waals surface area (Å²) in [5.41, 5.74) is 2.44. The van der Waals surface area contributed by atoms with Gasteiger partial charge in [-0.25, -0.2) is 13.4 Å². The third kappa shape index (κ3) is 4.42. The average Bonchev–Trinajstić information content (AvgIpc) is 3.57. The predicted octanol–water partition coefficient (Wildman–Crippen LogP) is 3.90. The molecule has 4 aromatic rings. The van der Waals surface area contributed by atoms with E-state index >= 15 is 0 Å². The number of anilines is 1. The molecule has 0 bridgehead atoms. The van der Waals surface area contributed by atoms with Crippen molar-refractivity contribution in [2.75, 3.05) is 19.0 Å². The number of aryl methyl sites for hydroxylation is 2. The van der Waals surface area contributed by atoms with Gasteiger partial charge in [0, 0.05) is 18.7 Å². The van der Waals surface area contributed by atoms with Gasteiger partial charge in [0.2, 0.25) is 21.1 Å². The molecule has 0 aliphatic carbocycles. The molecule has 35 heavy (non-hydrogen) atoms. The summed E-state index contributed by atoms with van der Waals surface area (Å²) in [6.45, 7) is 4.02. The summed E-state index contributed by atoms with van der Waals surface area (Å²) < 4.78 is 35.6. The van der Waals surface area contributed by atoms with Crippen molar-refractivity contribution in [1.29, 1.82) is 0 Å². The van der Waals surface area contributed by atoms with Crippen molar-refractivity contribution in [3.8, 4) is 10.9 Å². The van der Waals surface area contributed by atoms with Gasteiger partial charge in [-0.05, 0) is 51.0 Å². The molecule has 1 atom stereocenters. The van der Waals surface area contributed by atoms with E-state index in [-0.39, 0.29) is 10.8 Å². The first-order chi connectivity index (χ1) is 16.8. The number of thiazole rings is 1. The molecule has 1 aliphatic heterocycles. The Hall–Kier alpha value is -3.28. The number of methoxy groups -OCH3 is 1. The molecule has 0 saturated carbocycles.